The lowest BCUT2D eigenvalue weighted by Crippen LogP contribution is -2.27. The van der Waals surface area contributed by atoms with Gasteiger partial charge in [0.2, 0.25) is 0 Å². The lowest BCUT2D eigenvalue weighted by atomic mass is 9.69. The van der Waals surface area contributed by atoms with Crippen LogP contribution in [0.2, 0.25) is 0 Å². The Labute approximate surface area is 316 Å². The zero-order chi connectivity index (χ0) is 36.4. The maximum absolute atomic E-state index is 6.72. The molecule has 0 radical (unpaired) electrons. The van der Waals surface area contributed by atoms with Crippen LogP contribution >= 0.6 is 15.9 Å². The third kappa shape index (κ3) is 7.07. The summed E-state index contributed by atoms with van der Waals surface area (Å²) in [6, 6.07) is 22.8. The van der Waals surface area contributed by atoms with Gasteiger partial charge in [0.25, 0.3) is 0 Å². The first kappa shape index (κ1) is 37.4. The first-order valence-corrected chi connectivity index (χ1v) is 20.1. The van der Waals surface area contributed by atoms with Gasteiger partial charge in [0.15, 0.2) is 23.0 Å². The lowest BCUT2D eigenvalue weighted by Gasteiger charge is -2.32. The van der Waals surface area contributed by atoms with E-state index < -0.39 is 5.41 Å². The Balaban J connectivity index is 1.67. The van der Waals surface area contributed by atoms with E-state index >= 15 is 0 Å². The van der Waals surface area contributed by atoms with Crippen molar-refractivity contribution in [3.8, 4) is 45.3 Å². The molecule has 51 heavy (non-hydrogen) atoms. The van der Waals surface area contributed by atoms with E-state index in [1.807, 2.05) is 0 Å². The molecule has 0 amide bonds. The van der Waals surface area contributed by atoms with Crippen LogP contribution in [0.5, 0.6) is 23.0 Å². The molecule has 0 N–H and O–H groups in total. The van der Waals surface area contributed by atoms with E-state index in [4.69, 9.17) is 18.9 Å². The summed E-state index contributed by atoms with van der Waals surface area (Å²) in [4.78, 5) is 0. The minimum absolute atomic E-state index is 0.425. The molecule has 0 heterocycles. The van der Waals surface area contributed by atoms with E-state index in [1.165, 1.54) is 38.8 Å². The van der Waals surface area contributed by atoms with E-state index in [2.05, 4.69) is 140 Å². The molecule has 0 fully saturated rings. The second kappa shape index (κ2) is 15.7. The number of fused-ring (bicyclic) bond motifs is 10. The van der Waals surface area contributed by atoms with Gasteiger partial charge in [-0.15, -0.1) is 0 Å². The van der Waals surface area contributed by atoms with Crippen LogP contribution in [0, 0.1) is 23.7 Å². The van der Waals surface area contributed by atoms with Gasteiger partial charge in [0, 0.05) is 4.47 Å². The molecule has 4 aromatic rings. The lowest BCUT2D eigenvalue weighted by molar-refractivity contribution is 0.217. The van der Waals surface area contributed by atoms with E-state index in [0.29, 0.717) is 50.1 Å². The van der Waals surface area contributed by atoms with Crippen molar-refractivity contribution in [2.75, 3.05) is 26.4 Å². The summed E-state index contributed by atoms with van der Waals surface area (Å²) in [7, 11) is 2.20. The second-order valence-electron chi connectivity index (χ2n) is 15.5. The van der Waals surface area contributed by atoms with Crippen molar-refractivity contribution >= 4 is 29.2 Å². The highest BCUT2D eigenvalue weighted by Crippen LogP contribution is 2.65. The van der Waals surface area contributed by atoms with Crippen molar-refractivity contribution in [1.29, 1.82) is 0 Å². The second-order valence-corrected chi connectivity index (χ2v) is 16.4. The van der Waals surface area contributed by atoms with E-state index in [0.717, 1.165) is 64.3 Å². The molecule has 0 aliphatic heterocycles. The number of rotatable bonds is 16. The molecule has 270 valence electrons. The Kier molecular flexibility index (Phi) is 11.5. The van der Waals surface area contributed by atoms with Crippen LogP contribution in [0.15, 0.2) is 65.1 Å². The third-order valence-electron chi connectivity index (χ3n) is 11.4. The molecule has 4 nitrogen and oxygen atoms in total. The summed E-state index contributed by atoms with van der Waals surface area (Å²) >= 11 is 3.88. The maximum atomic E-state index is 6.72. The van der Waals surface area contributed by atoms with E-state index in [9.17, 15) is 0 Å². The third-order valence-corrected chi connectivity index (χ3v) is 11.9. The predicted molar refractivity (Wildman–Crippen MR) is 218 cm³/mol. The summed E-state index contributed by atoms with van der Waals surface area (Å²) in [6.45, 7) is 20.4. The molecule has 0 bridgehead atoms. The Morgan fingerprint density at radius 3 is 1.25 bits per heavy atom. The number of hydrogen-bond acceptors (Lipinski definition) is 4. The highest BCUT2D eigenvalue weighted by Gasteiger charge is 2.53. The van der Waals surface area contributed by atoms with Crippen LogP contribution in [-0.2, 0) is 5.41 Å². The van der Waals surface area contributed by atoms with Gasteiger partial charge in [-0.25, -0.2) is 0 Å². The van der Waals surface area contributed by atoms with Crippen molar-refractivity contribution in [3.63, 3.8) is 0 Å². The Morgan fingerprint density at radius 2 is 0.843 bits per heavy atom. The number of benzene rings is 4. The van der Waals surface area contributed by atoms with Crippen molar-refractivity contribution in [1.82, 2.24) is 0 Å². The highest BCUT2D eigenvalue weighted by atomic mass is 79.9. The van der Waals surface area contributed by atoms with Gasteiger partial charge in [-0.1, -0.05) is 127 Å². The average Bonchev–Trinajstić information content (AvgIpc) is 3.57. The molecule has 6 heteroatoms. The molecule has 0 saturated carbocycles. The first-order valence-electron chi connectivity index (χ1n) is 19.3. The summed E-state index contributed by atoms with van der Waals surface area (Å²) in [5, 5.41) is 0. The highest BCUT2D eigenvalue weighted by molar-refractivity contribution is 9.10. The van der Waals surface area contributed by atoms with E-state index in [1.54, 1.807) is 0 Å². The fraction of sp³-hybridized carbons (Fsp3) is 0.467. The zero-order valence-corrected chi connectivity index (χ0v) is 33.8. The van der Waals surface area contributed by atoms with Crippen molar-refractivity contribution in [2.24, 2.45) is 23.7 Å². The van der Waals surface area contributed by atoms with Crippen LogP contribution in [0.25, 0.3) is 22.3 Å². The fourth-order valence-corrected chi connectivity index (χ4v) is 7.53. The number of halogens is 1. The Hall–Kier alpha value is -3.38. The summed E-state index contributed by atoms with van der Waals surface area (Å²) in [6.07, 6.45) is 4.21. The average molecular weight is 752 g/mol. The fourth-order valence-electron chi connectivity index (χ4n) is 7.17. The summed E-state index contributed by atoms with van der Waals surface area (Å²) < 4.78 is 27.8. The SMILES string of the molecule is Bc1ccc2c(c1)C1(c3cc(Br)ccc3-2)c2cc(OCC(C)CC)c(OCC(C)CC)cc2-c2cc(OCC(C)CC)c(OCC(C)CC)cc21. The quantitative estimate of drug-likeness (QED) is 0.0923. The van der Waals surface area contributed by atoms with Crippen LogP contribution in [0.4, 0.5) is 0 Å². The smallest absolute Gasteiger partial charge is 0.161 e. The molecule has 4 aromatic carbocycles. The van der Waals surface area contributed by atoms with Gasteiger partial charge in [-0.2, -0.15) is 0 Å². The molecule has 4 atom stereocenters. The summed E-state index contributed by atoms with van der Waals surface area (Å²) in [5.41, 5.74) is 10.5. The normalized spacial score (nSPS) is 17.6. The molecule has 0 aromatic heterocycles. The molecular weight excluding hydrogens is 695 g/mol. The van der Waals surface area contributed by atoms with Gasteiger partial charge < -0.3 is 18.9 Å². The van der Waals surface area contributed by atoms with Crippen LogP contribution < -0.4 is 24.4 Å². The minimum Gasteiger partial charge on any atom is -0.489 e. The Morgan fingerprint density at radius 1 is 0.490 bits per heavy atom. The molecular formula is C45H56BBrO4. The van der Waals surface area contributed by atoms with Crippen molar-refractivity contribution in [2.45, 2.75) is 86.5 Å². The zero-order valence-electron chi connectivity index (χ0n) is 32.3. The Bertz CT molecular complexity index is 1730. The standard InChI is InChI=1S/C45H56BBrO4/c1-9-27(5)23-48-41-19-35-36-20-42(49-24-28(6)10-2)44(51-26-30(8)12-4)22-40(36)45(39(35)21-43(41)50-25-29(7)11-3)37-17-31(46)13-15-33(37)34-16-14-32(47)18-38(34)45/h13-22,27-30H,9-12,23-26,46H2,1-8H3. The van der Waals surface area contributed by atoms with Crippen molar-refractivity contribution in [3.05, 3.63) is 87.4 Å². The van der Waals surface area contributed by atoms with Crippen LogP contribution in [0.3, 0.4) is 0 Å². The largest absolute Gasteiger partial charge is 0.489 e. The van der Waals surface area contributed by atoms with Crippen LogP contribution in [-0.4, -0.2) is 34.3 Å². The van der Waals surface area contributed by atoms with E-state index in [-0.39, 0.29) is 0 Å². The number of ether oxygens (including phenoxy) is 4. The maximum Gasteiger partial charge on any atom is 0.161 e. The molecule has 1 spiro atoms. The topological polar surface area (TPSA) is 36.9 Å². The van der Waals surface area contributed by atoms with Gasteiger partial charge >= 0.3 is 0 Å². The molecule has 2 aliphatic carbocycles. The van der Waals surface area contributed by atoms with Gasteiger partial charge in [-0.3, -0.25) is 0 Å². The molecule has 2 aliphatic rings. The van der Waals surface area contributed by atoms with Gasteiger partial charge in [-0.05, 0) is 105 Å². The molecule has 4 unspecified atom stereocenters. The minimum atomic E-state index is -0.585. The van der Waals surface area contributed by atoms with Gasteiger partial charge in [0.1, 0.15) is 7.85 Å². The van der Waals surface area contributed by atoms with Crippen LogP contribution in [0.1, 0.15) is 103 Å². The molecule has 6 rings (SSSR count). The number of hydrogen-bond donors (Lipinski definition) is 0. The summed E-state index contributed by atoms with van der Waals surface area (Å²) in [5.74, 6) is 4.93. The molecule has 0 saturated heterocycles. The first-order chi connectivity index (χ1) is 24.5. The van der Waals surface area contributed by atoms with Gasteiger partial charge in [0.05, 0.1) is 31.8 Å². The van der Waals surface area contributed by atoms with Crippen molar-refractivity contribution < 1.29 is 18.9 Å². The monoisotopic (exact) mass is 750 g/mol. The predicted octanol–water partition coefficient (Wildman–Crippen LogP) is 10.8.